The quantitative estimate of drug-likeness (QED) is 0.722. The molecule has 2 saturated heterocycles. The molecule has 1 N–H and O–H groups in total. The van der Waals surface area contributed by atoms with Crippen LogP contribution in [0.3, 0.4) is 0 Å². The summed E-state index contributed by atoms with van der Waals surface area (Å²) in [4.78, 5) is 36.0. The van der Waals surface area contributed by atoms with Crippen molar-refractivity contribution in [1.82, 2.24) is 14.8 Å². The zero-order valence-corrected chi connectivity index (χ0v) is 19.7. The molecule has 2 aliphatic rings. The highest BCUT2D eigenvalue weighted by Gasteiger charge is 2.27. The molecule has 0 saturated carbocycles. The number of carbonyl (C=O) groups excluding carboxylic acids is 1. The summed E-state index contributed by atoms with van der Waals surface area (Å²) in [5, 5.41) is 9.23. The molecular formula is C25H32FN5O3. The molecule has 2 aliphatic heterocycles. The monoisotopic (exact) mass is 469 g/mol. The zero-order valence-electron chi connectivity index (χ0n) is 19.7. The SMILES string of the molecule is C[C@H]1CN(Cc2ccc(N(C)C(=O)c3ccc(N4CCC(F)CC4)nc3)cc2)CCN1C(=O)O. The summed E-state index contributed by atoms with van der Waals surface area (Å²) in [5.41, 5.74) is 2.40. The predicted octanol–water partition coefficient (Wildman–Crippen LogP) is 3.48. The lowest BCUT2D eigenvalue weighted by atomic mass is 10.1. The molecule has 1 aromatic carbocycles. The first-order chi connectivity index (χ1) is 16.3. The van der Waals surface area contributed by atoms with E-state index in [1.54, 1.807) is 24.2 Å². The second kappa shape index (κ2) is 10.4. The van der Waals surface area contributed by atoms with Crippen molar-refractivity contribution in [3.63, 3.8) is 0 Å². The van der Waals surface area contributed by atoms with Crippen LogP contribution in [0.1, 0.15) is 35.7 Å². The van der Waals surface area contributed by atoms with Crippen LogP contribution in [0.5, 0.6) is 0 Å². The van der Waals surface area contributed by atoms with E-state index in [4.69, 9.17) is 0 Å². The minimum atomic E-state index is -0.865. The number of carboxylic acid groups (broad SMARTS) is 1. The molecule has 8 nitrogen and oxygen atoms in total. The summed E-state index contributed by atoms with van der Waals surface area (Å²) in [6, 6.07) is 11.4. The third-order valence-corrected chi connectivity index (χ3v) is 6.74. The normalized spacial score (nSPS) is 19.8. The van der Waals surface area contributed by atoms with Crippen molar-refractivity contribution in [1.29, 1.82) is 0 Å². The van der Waals surface area contributed by atoms with Gasteiger partial charge in [0.15, 0.2) is 0 Å². The molecule has 3 heterocycles. The highest BCUT2D eigenvalue weighted by atomic mass is 19.1. The number of benzene rings is 1. The molecule has 0 unspecified atom stereocenters. The number of carbonyl (C=O) groups is 2. The first kappa shape index (κ1) is 23.9. The van der Waals surface area contributed by atoms with Crippen LogP contribution in [-0.4, -0.2) is 83.9 Å². The van der Waals surface area contributed by atoms with Crippen molar-refractivity contribution >= 4 is 23.5 Å². The van der Waals surface area contributed by atoms with Crippen LogP contribution >= 0.6 is 0 Å². The van der Waals surface area contributed by atoms with Gasteiger partial charge in [0.25, 0.3) is 5.91 Å². The van der Waals surface area contributed by atoms with E-state index in [2.05, 4.69) is 14.8 Å². The van der Waals surface area contributed by atoms with Gasteiger partial charge in [0, 0.05) is 64.2 Å². The van der Waals surface area contributed by atoms with Crippen molar-refractivity contribution in [3.05, 3.63) is 53.7 Å². The third kappa shape index (κ3) is 5.47. The van der Waals surface area contributed by atoms with Crippen LogP contribution in [0.15, 0.2) is 42.6 Å². The number of hydrogen-bond donors (Lipinski definition) is 1. The van der Waals surface area contributed by atoms with Crippen molar-refractivity contribution in [3.8, 4) is 0 Å². The number of aromatic nitrogens is 1. The number of nitrogens with zero attached hydrogens (tertiary/aromatic N) is 5. The van der Waals surface area contributed by atoms with E-state index in [1.165, 1.54) is 4.90 Å². The molecule has 4 rings (SSSR count). The second-order valence-corrected chi connectivity index (χ2v) is 9.16. The number of pyridine rings is 1. The first-order valence-electron chi connectivity index (χ1n) is 11.8. The standard InChI is InChI=1S/C25H32FN5O3/c1-18-16-29(13-14-31(18)25(33)34)17-19-3-6-22(7-4-19)28(2)24(32)20-5-8-23(27-15-20)30-11-9-21(26)10-12-30/h3-8,15,18,21H,9-14,16-17H2,1-2H3,(H,33,34)/t18-/m0/s1. The summed E-state index contributed by atoms with van der Waals surface area (Å²) in [6.07, 6.45) is 1.01. The van der Waals surface area contributed by atoms with E-state index < -0.39 is 12.3 Å². The lowest BCUT2D eigenvalue weighted by Crippen LogP contribution is -2.53. The van der Waals surface area contributed by atoms with Crippen LogP contribution < -0.4 is 9.80 Å². The summed E-state index contributed by atoms with van der Waals surface area (Å²) in [5.74, 6) is 0.627. The fourth-order valence-electron chi connectivity index (χ4n) is 4.63. The number of piperazine rings is 1. The minimum absolute atomic E-state index is 0.0372. The number of halogens is 1. The van der Waals surface area contributed by atoms with Gasteiger partial charge in [-0.3, -0.25) is 9.69 Å². The predicted molar refractivity (Wildman–Crippen MR) is 129 cm³/mol. The molecule has 1 atom stereocenters. The third-order valence-electron chi connectivity index (χ3n) is 6.74. The molecule has 2 fully saturated rings. The molecule has 1 aromatic heterocycles. The number of amides is 2. The van der Waals surface area contributed by atoms with E-state index >= 15 is 0 Å². The molecular weight excluding hydrogens is 437 g/mol. The van der Waals surface area contributed by atoms with Gasteiger partial charge < -0.3 is 19.8 Å². The average molecular weight is 470 g/mol. The van der Waals surface area contributed by atoms with Crippen molar-refractivity contribution in [2.75, 3.05) is 49.6 Å². The zero-order chi connectivity index (χ0) is 24.2. The Labute approximate surface area is 199 Å². The Kier molecular flexibility index (Phi) is 7.31. The Morgan fingerprint density at radius 3 is 2.38 bits per heavy atom. The van der Waals surface area contributed by atoms with Crippen LogP contribution in [0, 0.1) is 0 Å². The summed E-state index contributed by atoms with van der Waals surface area (Å²) >= 11 is 0. The number of rotatable bonds is 5. The molecule has 0 bridgehead atoms. The number of piperidine rings is 1. The van der Waals surface area contributed by atoms with Crippen molar-refractivity contribution in [2.45, 2.75) is 38.5 Å². The molecule has 2 aromatic rings. The highest BCUT2D eigenvalue weighted by molar-refractivity contribution is 6.05. The molecule has 0 radical (unpaired) electrons. The second-order valence-electron chi connectivity index (χ2n) is 9.16. The summed E-state index contributed by atoms with van der Waals surface area (Å²) < 4.78 is 13.4. The number of alkyl halides is 1. The molecule has 2 amide bonds. The highest BCUT2D eigenvalue weighted by Crippen LogP contribution is 2.22. The van der Waals surface area contributed by atoms with Gasteiger partial charge in [-0.05, 0) is 49.6 Å². The first-order valence-corrected chi connectivity index (χ1v) is 11.8. The van der Waals surface area contributed by atoms with Gasteiger partial charge in [-0.2, -0.15) is 0 Å². The lowest BCUT2D eigenvalue weighted by Gasteiger charge is -2.38. The maximum absolute atomic E-state index is 13.4. The molecule has 9 heteroatoms. The number of hydrogen-bond acceptors (Lipinski definition) is 5. The van der Waals surface area contributed by atoms with E-state index in [0.29, 0.717) is 51.1 Å². The fraction of sp³-hybridized carbons (Fsp3) is 0.480. The Bertz CT molecular complexity index is 993. The van der Waals surface area contributed by atoms with Crippen LogP contribution in [0.2, 0.25) is 0 Å². The smallest absolute Gasteiger partial charge is 0.407 e. The Balaban J connectivity index is 1.33. The number of anilines is 2. The van der Waals surface area contributed by atoms with E-state index in [0.717, 1.165) is 23.6 Å². The molecule has 0 aliphatic carbocycles. The van der Waals surface area contributed by atoms with E-state index in [9.17, 15) is 19.1 Å². The minimum Gasteiger partial charge on any atom is -0.465 e. The maximum Gasteiger partial charge on any atom is 0.407 e. The Morgan fingerprint density at radius 1 is 1.09 bits per heavy atom. The van der Waals surface area contributed by atoms with Crippen molar-refractivity contribution in [2.24, 2.45) is 0 Å². The van der Waals surface area contributed by atoms with Gasteiger partial charge in [0.05, 0.1) is 5.56 Å². The van der Waals surface area contributed by atoms with Gasteiger partial charge in [-0.25, -0.2) is 14.2 Å². The molecule has 34 heavy (non-hydrogen) atoms. The van der Waals surface area contributed by atoms with Gasteiger partial charge >= 0.3 is 6.09 Å². The Hall–Kier alpha value is -3.20. The van der Waals surface area contributed by atoms with Crippen LogP contribution in [0.25, 0.3) is 0 Å². The van der Waals surface area contributed by atoms with Gasteiger partial charge in [0.2, 0.25) is 0 Å². The van der Waals surface area contributed by atoms with Crippen LogP contribution in [-0.2, 0) is 6.54 Å². The molecule has 0 spiro atoms. The maximum atomic E-state index is 13.4. The van der Waals surface area contributed by atoms with E-state index in [1.807, 2.05) is 37.3 Å². The average Bonchev–Trinajstić information content (AvgIpc) is 2.84. The summed E-state index contributed by atoms with van der Waals surface area (Å²) in [7, 11) is 1.74. The van der Waals surface area contributed by atoms with Crippen molar-refractivity contribution < 1.29 is 19.1 Å². The largest absolute Gasteiger partial charge is 0.465 e. The molecule has 182 valence electrons. The lowest BCUT2D eigenvalue weighted by molar-refractivity contribution is 0.0711. The summed E-state index contributed by atoms with van der Waals surface area (Å²) in [6.45, 7) is 5.85. The topological polar surface area (TPSA) is 80.2 Å². The fourth-order valence-corrected chi connectivity index (χ4v) is 4.63. The van der Waals surface area contributed by atoms with Crippen LogP contribution in [0.4, 0.5) is 20.7 Å². The van der Waals surface area contributed by atoms with Gasteiger partial charge in [-0.15, -0.1) is 0 Å². The Morgan fingerprint density at radius 2 is 1.79 bits per heavy atom. The van der Waals surface area contributed by atoms with Gasteiger partial charge in [-0.1, -0.05) is 12.1 Å². The van der Waals surface area contributed by atoms with Gasteiger partial charge in [0.1, 0.15) is 12.0 Å². The van der Waals surface area contributed by atoms with E-state index in [-0.39, 0.29) is 11.9 Å².